The summed E-state index contributed by atoms with van der Waals surface area (Å²) in [5, 5.41) is 4.16. The van der Waals surface area contributed by atoms with Crippen LogP contribution in [0.4, 0.5) is 0 Å². The van der Waals surface area contributed by atoms with Gasteiger partial charge < -0.3 is 10.1 Å². The summed E-state index contributed by atoms with van der Waals surface area (Å²) in [6, 6.07) is 0. The summed E-state index contributed by atoms with van der Waals surface area (Å²) in [4.78, 5) is 0. The zero-order valence-corrected chi connectivity index (χ0v) is 8.43. The monoisotopic (exact) mass is 229 g/mol. The van der Waals surface area contributed by atoms with Crippen LogP contribution in [0.1, 0.15) is 12.8 Å². The van der Waals surface area contributed by atoms with Crippen LogP contribution in [-0.4, -0.2) is 18.0 Å². The third-order valence-electron chi connectivity index (χ3n) is 2.18. The fourth-order valence-electron chi connectivity index (χ4n) is 1.51. The van der Waals surface area contributed by atoms with E-state index in [9.17, 15) is 0 Å². The average Bonchev–Trinajstić information content (AvgIpc) is 2.17. The molecule has 0 fully saturated rings. The van der Waals surface area contributed by atoms with Crippen LogP contribution >= 0.6 is 15.9 Å². The molecule has 2 heterocycles. The van der Waals surface area contributed by atoms with Gasteiger partial charge in [0.05, 0.1) is 0 Å². The number of nitrogens with one attached hydrogen (secondary N) is 1. The van der Waals surface area contributed by atoms with E-state index in [1.807, 2.05) is 0 Å². The fraction of sp³-hybridized carbons (Fsp3) is 0.556. The Morgan fingerprint density at radius 1 is 1.67 bits per heavy atom. The van der Waals surface area contributed by atoms with Crippen LogP contribution in [0.15, 0.2) is 23.6 Å². The smallest absolute Gasteiger partial charge is 0.190 e. The highest BCUT2D eigenvalue weighted by molar-refractivity contribution is 9.09. The summed E-state index contributed by atoms with van der Waals surface area (Å²) in [6.07, 6.45) is 6.90. The van der Waals surface area contributed by atoms with E-state index in [1.165, 1.54) is 5.57 Å². The van der Waals surface area contributed by atoms with Gasteiger partial charge in [-0.2, -0.15) is 0 Å². The molecule has 66 valence electrons. The Bertz CT molecular complexity index is 235. The van der Waals surface area contributed by atoms with E-state index < -0.39 is 0 Å². The molecule has 0 aromatic rings. The van der Waals surface area contributed by atoms with Gasteiger partial charge in [0.15, 0.2) is 5.88 Å². The maximum absolute atomic E-state index is 5.71. The molecule has 0 saturated carbocycles. The number of allylic oxidation sites excluding steroid dienone is 2. The van der Waals surface area contributed by atoms with Gasteiger partial charge in [-0.1, -0.05) is 28.1 Å². The first-order valence-corrected chi connectivity index (χ1v) is 5.38. The number of hydrogen-bond donors (Lipinski definition) is 1. The second kappa shape index (κ2) is 3.52. The Morgan fingerprint density at radius 2 is 2.58 bits per heavy atom. The highest BCUT2D eigenvalue weighted by Gasteiger charge is 2.20. The van der Waals surface area contributed by atoms with Gasteiger partial charge in [0.1, 0.15) is 6.10 Å². The van der Waals surface area contributed by atoms with Crippen LogP contribution < -0.4 is 5.32 Å². The third kappa shape index (κ3) is 1.51. The Hall–Kier alpha value is -0.440. The molecule has 1 atom stereocenters. The average molecular weight is 230 g/mol. The molecule has 1 N–H and O–H groups in total. The Labute approximate surface area is 80.8 Å². The molecule has 0 aromatic carbocycles. The van der Waals surface area contributed by atoms with Crippen molar-refractivity contribution in [3.05, 3.63) is 23.6 Å². The second-order valence-corrected chi connectivity index (χ2v) is 3.72. The number of alkyl halides is 1. The van der Waals surface area contributed by atoms with Gasteiger partial charge in [-0.05, 0) is 12.8 Å². The standard InChI is InChI=1S/C9H12BrNO/c10-6-8-4-3-7-2-1-5-11-9(7)12-8/h1-2,8,11H,3-6H2. The van der Waals surface area contributed by atoms with E-state index in [2.05, 4.69) is 33.4 Å². The van der Waals surface area contributed by atoms with Gasteiger partial charge in [0, 0.05) is 17.4 Å². The van der Waals surface area contributed by atoms with Crippen molar-refractivity contribution in [2.75, 3.05) is 11.9 Å². The SMILES string of the molecule is BrCC1CCC2=C(NCC=C2)O1. The molecule has 0 bridgehead atoms. The van der Waals surface area contributed by atoms with Crippen molar-refractivity contribution < 1.29 is 4.74 Å². The molecule has 0 saturated heterocycles. The van der Waals surface area contributed by atoms with E-state index in [1.54, 1.807) is 0 Å². The number of halogens is 1. The van der Waals surface area contributed by atoms with Crippen LogP contribution in [0.2, 0.25) is 0 Å². The van der Waals surface area contributed by atoms with Crippen molar-refractivity contribution in [1.29, 1.82) is 0 Å². The van der Waals surface area contributed by atoms with Crippen LogP contribution in [0.3, 0.4) is 0 Å². The first-order chi connectivity index (χ1) is 5.90. The summed E-state index contributed by atoms with van der Waals surface area (Å²) in [6.45, 7) is 0.897. The van der Waals surface area contributed by atoms with Crippen LogP contribution in [-0.2, 0) is 4.74 Å². The van der Waals surface area contributed by atoms with Gasteiger partial charge in [-0.3, -0.25) is 0 Å². The first-order valence-electron chi connectivity index (χ1n) is 4.26. The first kappa shape index (κ1) is 8.17. The highest BCUT2D eigenvalue weighted by atomic mass is 79.9. The summed E-state index contributed by atoms with van der Waals surface area (Å²) in [5.74, 6) is 0.994. The number of dihydropyridines is 1. The molecule has 2 aliphatic rings. The lowest BCUT2D eigenvalue weighted by Gasteiger charge is -2.28. The molecule has 0 amide bonds. The van der Waals surface area contributed by atoms with Crippen molar-refractivity contribution >= 4 is 15.9 Å². The number of rotatable bonds is 1. The lowest BCUT2D eigenvalue weighted by Crippen LogP contribution is -2.29. The molecule has 2 rings (SSSR count). The summed E-state index contributed by atoms with van der Waals surface area (Å²) >= 11 is 3.43. The van der Waals surface area contributed by atoms with Gasteiger partial charge in [0.25, 0.3) is 0 Å². The lowest BCUT2D eigenvalue weighted by molar-refractivity contribution is 0.0965. The minimum atomic E-state index is 0.350. The van der Waals surface area contributed by atoms with E-state index >= 15 is 0 Å². The maximum atomic E-state index is 5.71. The largest absolute Gasteiger partial charge is 0.475 e. The normalized spacial score (nSPS) is 27.6. The molecule has 3 heteroatoms. The predicted octanol–water partition coefficient (Wildman–Crippen LogP) is 1.93. The highest BCUT2D eigenvalue weighted by Crippen LogP contribution is 2.25. The molecule has 0 aliphatic carbocycles. The summed E-state index contributed by atoms with van der Waals surface area (Å²) in [7, 11) is 0. The molecular weight excluding hydrogens is 218 g/mol. The Kier molecular flexibility index (Phi) is 2.40. The van der Waals surface area contributed by atoms with Crippen molar-refractivity contribution in [2.24, 2.45) is 0 Å². The van der Waals surface area contributed by atoms with E-state index in [0.717, 1.165) is 30.6 Å². The quantitative estimate of drug-likeness (QED) is 0.695. The lowest BCUT2D eigenvalue weighted by atomic mass is 10.0. The van der Waals surface area contributed by atoms with Crippen LogP contribution in [0.5, 0.6) is 0 Å². The predicted molar refractivity (Wildman–Crippen MR) is 52.1 cm³/mol. The van der Waals surface area contributed by atoms with Crippen molar-refractivity contribution in [3.8, 4) is 0 Å². The molecule has 0 radical (unpaired) electrons. The van der Waals surface area contributed by atoms with Gasteiger partial charge in [-0.15, -0.1) is 0 Å². The van der Waals surface area contributed by atoms with Crippen molar-refractivity contribution in [2.45, 2.75) is 18.9 Å². The second-order valence-electron chi connectivity index (χ2n) is 3.07. The minimum absolute atomic E-state index is 0.350. The van der Waals surface area contributed by atoms with E-state index in [4.69, 9.17) is 4.74 Å². The summed E-state index contributed by atoms with van der Waals surface area (Å²) < 4.78 is 5.71. The molecule has 0 aromatic heterocycles. The van der Waals surface area contributed by atoms with Gasteiger partial charge >= 0.3 is 0 Å². The Morgan fingerprint density at radius 3 is 3.42 bits per heavy atom. The molecule has 0 spiro atoms. The number of hydrogen-bond acceptors (Lipinski definition) is 2. The van der Waals surface area contributed by atoms with Gasteiger partial charge in [-0.25, -0.2) is 0 Å². The van der Waals surface area contributed by atoms with Gasteiger partial charge in [0.2, 0.25) is 0 Å². The van der Waals surface area contributed by atoms with E-state index in [-0.39, 0.29) is 0 Å². The summed E-state index contributed by atoms with van der Waals surface area (Å²) in [5.41, 5.74) is 1.32. The Balaban J connectivity index is 2.11. The molecular formula is C9H12BrNO. The molecule has 2 aliphatic heterocycles. The van der Waals surface area contributed by atoms with Crippen molar-refractivity contribution in [3.63, 3.8) is 0 Å². The maximum Gasteiger partial charge on any atom is 0.190 e. The van der Waals surface area contributed by atoms with Crippen LogP contribution in [0.25, 0.3) is 0 Å². The van der Waals surface area contributed by atoms with E-state index in [0.29, 0.717) is 6.10 Å². The topological polar surface area (TPSA) is 21.3 Å². The zero-order chi connectivity index (χ0) is 8.39. The van der Waals surface area contributed by atoms with Crippen molar-refractivity contribution in [1.82, 2.24) is 5.32 Å². The third-order valence-corrected chi connectivity index (χ3v) is 2.91. The molecule has 12 heavy (non-hydrogen) atoms. The zero-order valence-electron chi connectivity index (χ0n) is 6.85. The molecule has 2 nitrogen and oxygen atoms in total. The molecule has 1 unspecified atom stereocenters. The number of ether oxygens (including phenoxy) is 1. The minimum Gasteiger partial charge on any atom is -0.475 e. The fourth-order valence-corrected chi connectivity index (χ4v) is 1.96. The van der Waals surface area contributed by atoms with Crippen LogP contribution in [0, 0.1) is 0 Å².